The molecule has 0 saturated carbocycles. The van der Waals surface area contributed by atoms with Gasteiger partial charge in [-0.25, -0.2) is 9.97 Å². The molecule has 0 aliphatic rings. The zero-order valence-corrected chi connectivity index (χ0v) is 13.2. The molecule has 1 unspecified atom stereocenters. The highest BCUT2D eigenvalue weighted by molar-refractivity contribution is 9.09. The molecule has 0 fully saturated rings. The molecule has 2 aromatic rings. The zero-order valence-electron chi connectivity index (χ0n) is 10.8. The smallest absolute Gasteiger partial charge is 0.216 e. The maximum absolute atomic E-state index is 5.12. The summed E-state index contributed by atoms with van der Waals surface area (Å²) >= 11 is 5.50. The normalized spacial score (nSPS) is 12.2. The molecule has 100 valence electrons. The molecule has 5 heteroatoms. The van der Waals surface area contributed by atoms with E-state index in [-0.39, 0.29) is 4.83 Å². The highest BCUT2D eigenvalue weighted by Gasteiger charge is 2.13. The van der Waals surface area contributed by atoms with Crippen LogP contribution in [0.1, 0.15) is 16.1 Å². The molecule has 19 heavy (non-hydrogen) atoms. The Morgan fingerprint density at radius 3 is 2.84 bits per heavy atom. The van der Waals surface area contributed by atoms with Crippen molar-refractivity contribution in [2.75, 3.05) is 13.4 Å². The number of hydrogen-bond donors (Lipinski definition) is 0. The average molecular weight is 339 g/mol. The lowest BCUT2D eigenvalue weighted by Gasteiger charge is -2.13. The fraction of sp³-hybridized carbons (Fsp3) is 0.286. The van der Waals surface area contributed by atoms with E-state index in [1.807, 2.05) is 6.07 Å². The van der Waals surface area contributed by atoms with Gasteiger partial charge in [0.1, 0.15) is 6.33 Å². The molecule has 0 aliphatic heterocycles. The van der Waals surface area contributed by atoms with Crippen LogP contribution >= 0.6 is 27.7 Å². The second-order valence-electron chi connectivity index (χ2n) is 3.97. The Balaban J connectivity index is 2.18. The van der Waals surface area contributed by atoms with Crippen molar-refractivity contribution >= 4 is 27.7 Å². The molecule has 1 aromatic carbocycles. The summed E-state index contributed by atoms with van der Waals surface area (Å²) in [7, 11) is 1.61. The molecule has 1 heterocycles. The molecule has 0 N–H and O–H groups in total. The first-order valence-corrected chi connectivity index (χ1v) is 8.00. The van der Waals surface area contributed by atoms with E-state index in [0.29, 0.717) is 5.88 Å². The quantitative estimate of drug-likeness (QED) is 0.612. The van der Waals surface area contributed by atoms with Crippen LogP contribution in [0.25, 0.3) is 0 Å². The van der Waals surface area contributed by atoms with Gasteiger partial charge in [-0.2, -0.15) is 0 Å². The van der Waals surface area contributed by atoms with Gasteiger partial charge in [-0.1, -0.05) is 34.1 Å². The summed E-state index contributed by atoms with van der Waals surface area (Å²) in [5, 5.41) is 0. The van der Waals surface area contributed by atoms with Gasteiger partial charge in [-0.3, -0.25) is 0 Å². The fourth-order valence-electron chi connectivity index (χ4n) is 1.82. The molecule has 0 aliphatic carbocycles. The maximum Gasteiger partial charge on any atom is 0.216 e. The number of benzene rings is 1. The van der Waals surface area contributed by atoms with Crippen molar-refractivity contribution in [3.05, 3.63) is 47.9 Å². The second kappa shape index (κ2) is 6.91. The lowest BCUT2D eigenvalue weighted by molar-refractivity contribution is 0.396. The first-order chi connectivity index (χ1) is 9.24. The molecule has 0 saturated heterocycles. The number of alkyl halides is 1. The topological polar surface area (TPSA) is 35.0 Å². The van der Waals surface area contributed by atoms with E-state index >= 15 is 0 Å². The van der Waals surface area contributed by atoms with E-state index in [4.69, 9.17) is 4.74 Å². The molecule has 3 nitrogen and oxygen atoms in total. The van der Waals surface area contributed by atoms with Crippen molar-refractivity contribution in [3.63, 3.8) is 0 Å². The van der Waals surface area contributed by atoms with Gasteiger partial charge in [0.2, 0.25) is 5.88 Å². The SMILES string of the molecule is COc1cc(CC(Br)c2ccccc2SC)ncn1. The summed E-state index contributed by atoms with van der Waals surface area (Å²) < 4.78 is 5.12. The van der Waals surface area contributed by atoms with Crippen LogP contribution in [-0.4, -0.2) is 23.3 Å². The number of thioether (sulfide) groups is 1. The van der Waals surface area contributed by atoms with Crippen LogP contribution in [0, 0.1) is 0 Å². The van der Waals surface area contributed by atoms with Gasteiger partial charge in [0.05, 0.1) is 7.11 Å². The minimum Gasteiger partial charge on any atom is -0.481 e. The van der Waals surface area contributed by atoms with Gasteiger partial charge in [0.25, 0.3) is 0 Å². The Labute approximate surface area is 125 Å². The first kappa shape index (κ1) is 14.3. The minimum absolute atomic E-state index is 0.232. The third-order valence-electron chi connectivity index (χ3n) is 2.77. The predicted octanol–water partition coefficient (Wildman–Crippen LogP) is 3.89. The van der Waals surface area contributed by atoms with Gasteiger partial charge >= 0.3 is 0 Å². The van der Waals surface area contributed by atoms with Crippen LogP contribution in [0.5, 0.6) is 5.88 Å². The largest absolute Gasteiger partial charge is 0.481 e. The maximum atomic E-state index is 5.12. The summed E-state index contributed by atoms with van der Waals surface area (Å²) in [5.41, 5.74) is 2.25. The van der Waals surface area contributed by atoms with E-state index in [2.05, 4.69) is 56.4 Å². The van der Waals surface area contributed by atoms with Crippen LogP contribution < -0.4 is 4.74 Å². The van der Waals surface area contributed by atoms with E-state index < -0.39 is 0 Å². The molecule has 0 spiro atoms. The van der Waals surface area contributed by atoms with Crippen molar-refractivity contribution < 1.29 is 4.74 Å². The summed E-state index contributed by atoms with van der Waals surface area (Å²) in [5.74, 6) is 0.600. The Hall–Kier alpha value is -1.07. The minimum atomic E-state index is 0.232. The molecular formula is C14H15BrN2OS. The standard InChI is InChI=1S/C14H15BrN2OS/c1-18-14-8-10(16-9-17-14)7-12(15)11-5-3-4-6-13(11)19-2/h3-6,8-9,12H,7H2,1-2H3. The molecule has 0 radical (unpaired) electrons. The Kier molecular flexibility index (Phi) is 5.22. The lowest BCUT2D eigenvalue weighted by Crippen LogP contribution is -2.00. The summed E-state index contributed by atoms with van der Waals surface area (Å²) in [6.45, 7) is 0. The Bertz CT molecular complexity index is 550. The third kappa shape index (κ3) is 3.70. The van der Waals surface area contributed by atoms with Gasteiger partial charge in [-0.05, 0) is 17.9 Å². The van der Waals surface area contributed by atoms with Crippen molar-refractivity contribution in [3.8, 4) is 5.88 Å². The van der Waals surface area contributed by atoms with Crippen LogP contribution in [0.15, 0.2) is 41.6 Å². The van der Waals surface area contributed by atoms with Crippen molar-refractivity contribution in [2.45, 2.75) is 16.1 Å². The lowest BCUT2D eigenvalue weighted by atomic mass is 10.1. The van der Waals surface area contributed by atoms with Crippen LogP contribution in [0.3, 0.4) is 0 Å². The van der Waals surface area contributed by atoms with Gasteiger partial charge in [0, 0.05) is 27.9 Å². The number of halogens is 1. The molecule has 2 rings (SSSR count). The number of nitrogens with zero attached hydrogens (tertiary/aromatic N) is 2. The number of rotatable bonds is 5. The van der Waals surface area contributed by atoms with Crippen molar-refractivity contribution in [1.29, 1.82) is 0 Å². The number of methoxy groups -OCH3 is 1. The number of ether oxygens (including phenoxy) is 1. The van der Waals surface area contributed by atoms with Crippen LogP contribution in [0.4, 0.5) is 0 Å². The highest BCUT2D eigenvalue weighted by Crippen LogP contribution is 2.33. The monoisotopic (exact) mass is 338 g/mol. The fourth-order valence-corrected chi connectivity index (χ4v) is 3.36. The molecule has 1 aromatic heterocycles. The average Bonchev–Trinajstić information content (AvgIpc) is 2.47. The predicted molar refractivity (Wildman–Crippen MR) is 82.2 cm³/mol. The zero-order chi connectivity index (χ0) is 13.7. The molecule has 0 amide bonds. The highest BCUT2D eigenvalue weighted by atomic mass is 79.9. The van der Waals surface area contributed by atoms with E-state index in [1.165, 1.54) is 16.8 Å². The summed E-state index contributed by atoms with van der Waals surface area (Å²) in [4.78, 5) is 9.81. The number of aromatic nitrogens is 2. The molecule has 0 bridgehead atoms. The van der Waals surface area contributed by atoms with Crippen molar-refractivity contribution in [1.82, 2.24) is 9.97 Å². The van der Waals surface area contributed by atoms with Gasteiger partial charge < -0.3 is 4.74 Å². The first-order valence-electron chi connectivity index (χ1n) is 5.86. The Morgan fingerprint density at radius 1 is 1.32 bits per heavy atom. The molecule has 1 atom stereocenters. The third-order valence-corrected chi connectivity index (χ3v) is 4.40. The summed E-state index contributed by atoms with van der Waals surface area (Å²) in [6, 6.07) is 10.3. The summed E-state index contributed by atoms with van der Waals surface area (Å²) in [6.07, 6.45) is 4.43. The van der Waals surface area contributed by atoms with E-state index in [9.17, 15) is 0 Å². The van der Waals surface area contributed by atoms with E-state index in [1.54, 1.807) is 18.9 Å². The van der Waals surface area contributed by atoms with Gasteiger partial charge in [-0.15, -0.1) is 11.8 Å². The van der Waals surface area contributed by atoms with E-state index in [0.717, 1.165) is 12.1 Å². The van der Waals surface area contributed by atoms with Crippen LogP contribution in [0.2, 0.25) is 0 Å². The second-order valence-corrected chi connectivity index (χ2v) is 5.92. The van der Waals surface area contributed by atoms with Gasteiger partial charge in [0.15, 0.2) is 0 Å². The molecular weight excluding hydrogens is 324 g/mol. The Morgan fingerprint density at radius 2 is 2.11 bits per heavy atom. The number of hydrogen-bond acceptors (Lipinski definition) is 4. The van der Waals surface area contributed by atoms with Crippen molar-refractivity contribution in [2.24, 2.45) is 0 Å². The van der Waals surface area contributed by atoms with Crippen LogP contribution in [-0.2, 0) is 6.42 Å².